The van der Waals surface area contributed by atoms with E-state index in [0.717, 1.165) is 30.8 Å². The third-order valence-corrected chi connectivity index (χ3v) is 6.58. The highest BCUT2D eigenvalue weighted by molar-refractivity contribution is 5.21. The third-order valence-electron chi connectivity index (χ3n) is 6.58. The molecule has 2 heteroatoms. The molecule has 2 fully saturated rings. The van der Waals surface area contributed by atoms with Gasteiger partial charge in [-0.15, -0.1) is 0 Å². The molecule has 2 N–H and O–H groups in total. The van der Waals surface area contributed by atoms with Crippen LogP contribution in [0.5, 0.6) is 0 Å². The van der Waals surface area contributed by atoms with Gasteiger partial charge in [0.1, 0.15) is 0 Å². The molecule has 0 aromatic heterocycles. The van der Waals surface area contributed by atoms with Crippen LogP contribution in [0.4, 0.5) is 0 Å². The zero-order valence-corrected chi connectivity index (χ0v) is 16.3. The molecule has 25 heavy (non-hydrogen) atoms. The molecule has 3 rings (SSSR count). The fourth-order valence-electron chi connectivity index (χ4n) is 4.91. The summed E-state index contributed by atoms with van der Waals surface area (Å²) in [5, 5.41) is 0. The van der Waals surface area contributed by atoms with Gasteiger partial charge in [0.2, 0.25) is 0 Å². The second-order valence-electron chi connectivity index (χ2n) is 8.81. The van der Waals surface area contributed by atoms with Gasteiger partial charge in [-0.05, 0) is 75.3 Å². The van der Waals surface area contributed by atoms with Crippen molar-refractivity contribution in [2.24, 2.45) is 23.5 Å². The SMILES string of the molecule is Cc1ccc(CN(CC2CCCCC2)CC2CCC(CN)CC2)cc1. The third kappa shape index (κ3) is 6.11. The van der Waals surface area contributed by atoms with Crippen LogP contribution in [0, 0.1) is 24.7 Å². The molecule has 0 aliphatic heterocycles. The van der Waals surface area contributed by atoms with Gasteiger partial charge in [0.05, 0.1) is 0 Å². The number of nitrogens with zero attached hydrogens (tertiary/aromatic N) is 1. The van der Waals surface area contributed by atoms with E-state index in [2.05, 4.69) is 36.1 Å². The lowest BCUT2D eigenvalue weighted by Gasteiger charge is -2.35. The van der Waals surface area contributed by atoms with Crippen LogP contribution in [-0.2, 0) is 6.54 Å². The lowest BCUT2D eigenvalue weighted by Crippen LogP contribution is -2.36. The van der Waals surface area contributed by atoms with E-state index < -0.39 is 0 Å². The van der Waals surface area contributed by atoms with Crippen LogP contribution in [0.2, 0.25) is 0 Å². The lowest BCUT2D eigenvalue weighted by molar-refractivity contribution is 0.143. The van der Waals surface area contributed by atoms with E-state index in [9.17, 15) is 0 Å². The topological polar surface area (TPSA) is 29.3 Å². The van der Waals surface area contributed by atoms with Gasteiger partial charge in [-0.2, -0.15) is 0 Å². The van der Waals surface area contributed by atoms with Crippen molar-refractivity contribution in [2.45, 2.75) is 71.3 Å². The molecule has 2 nitrogen and oxygen atoms in total. The highest BCUT2D eigenvalue weighted by Crippen LogP contribution is 2.30. The lowest BCUT2D eigenvalue weighted by atomic mass is 9.81. The number of aryl methyl sites for hydroxylation is 1. The van der Waals surface area contributed by atoms with Crippen molar-refractivity contribution >= 4 is 0 Å². The molecule has 0 amide bonds. The minimum Gasteiger partial charge on any atom is -0.330 e. The summed E-state index contributed by atoms with van der Waals surface area (Å²) in [7, 11) is 0. The van der Waals surface area contributed by atoms with Crippen LogP contribution in [0.25, 0.3) is 0 Å². The van der Waals surface area contributed by atoms with Crippen LogP contribution in [-0.4, -0.2) is 24.5 Å². The minimum atomic E-state index is 0.792. The van der Waals surface area contributed by atoms with E-state index in [0.29, 0.717) is 0 Å². The summed E-state index contributed by atoms with van der Waals surface area (Å²) in [5.74, 6) is 2.61. The van der Waals surface area contributed by atoms with Crippen molar-refractivity contribution in [1.82, 2.24) is 4.90 Å². The predicted molar refractivity (Wildman–Crippen MR) is 108 cm³/mol. The normalized spacial score (nSPS) is 25.4. The largest absolute Gasteiger partial charge is 0.330 e. The van der Waals surface area contributed by atoms with E-state index in [4.69, 9.17) is 5.73 Å². The van der Waals surface area contributed by atoms with Gasteiger partial charge < -0.3 is 5.73 Å². The Morgan fingerprint density at radius 1 is 0.800 bits per heavy atom. The fourth-order valence-corrected chi connectivity index (χ4v) is 4.91. The maximum atomic E-state index is 5.88. The highest BCUT2D eigenvalue weighted by atomic mass is 15.1. The molecule has 0 unspecified atom stereocenters. The minimum absolute atomic E-state index is 0.792. The van der Waals surface area contributed by atoms with Gasteiger partial charge in [0, 0.05) is 19.6 Å². The highest BCUT2D eigenvalue weighted by Gasteiger charge is 2.24. The summed E-state index contributed by atoms with van der Waals surface area (Å²) in [4.78, 5) is 2.79. The molecule has 0 atom stereocenters. The van der Waals surface area contributed by atoms with Crippen LogP contribution < -0.4 is 5.73 Å². The van der Waals surface area contributed by atoms with E-state index in [1.165, 1.54) is 82.0 Å². The summed E-state index contributed by atoms with van der Waals surface area (Å²) in [5.41, 5.74) is 8.72. The standard InChI is InChI=1S/C23H38N2/c1-19-7-9-22(10-8-19)17-25(16-21-5-3-2-4-6-21)18-23-13-11-20(15-24)12-14-23/h7-10,20-21,23H,2-6,11-18,24H2,1H3. The van der Waals surface area contributed by atoms with Gasteiger partial charge in [0.15, 0.2) is 0 Å². The first-order chi connectivity index (χ1) is 12.2. The molecule has 2 aliphatic rings. The summed E-state index contributed by atoms with van der Waals surface area (Å²) < 4.78 is 0. The second-order valence-corrected chi connectivity index (χ2v) is 8.81. The van der Waals surface area contributed by atoms with Crippen LogP contribution in [0.3, 0.4) is 0 Å². The van der Waals surface area contributed by atoms with Crippen molar-refractivity contribution in [2.75, 3.05) is 19.6 Å². The molecule has 0 bridgehead atoms. The Bertz CT molecular complexity index is 481. The Morgan fingerprint density at radius 2 is 1.36 bits per heavy atom. The van der Waals surface area contributed by atoms with E-state index in [1.54, 1.807) is 0 Å². The molecule has 1 aromatic rings. The van der Waals surface area contributed by atoms with Gasteiger partial charge >= 0.3 is 0 Å². The Labute approximate surface area is 155 Å². The summed E-state index contributed by atoms with van der Waals surface area (Å²) in [6.07, 6.45) is 12.7. The number of rotatable bonds is 7. The van der Waals surface area contributed by atoms with Crippen molar-refractivity contribution in [3.63, 3.8) is 0 Å². The summed E-state index contributed by atoms with van der Waals surface area (Å²) in [6.45, 7) is 6.81. The summed E-state index contributed by atoms with van der Waals surface area (Å²) >= 11 is 0. The predicted octanol–water partition coefficient (Wildman–Crippen LogP) is 5.14. The Hall–Kier alpha value is -0.860. The first-order valence-corrected chi connectivity index (χ1v) is 10.7. The number of benzene rings is 1. The van der Waals surface area contributed by atoms with Gasteiger partial charge in [0.25, 0.3) is 0 Å². The fraction of sp³-hybridized carbons (Fsp3) is 0.739. The maximum Gasteiger partial charge on any atom is 0.0233 e. The zero-order chi connectivity index (χ0) is 17.5. The van der Waals surface area contributed by atoms with E-state index in [1.807, 2.05) is 0 Å². The molecule has 0 spiro atoms. The Kier molecular flexibility index (Phi) is 7.36. The molecular formula is C23H38N2. The molecule has 2 saturated carbocycles. The number of hydrogen-bond acceptors (Lipinski definition) is 2. The van der Waals surface area contributed by atoms with Crippen molar-refractivity contribution in [1.29, 1.82) is 0 Å². The van der Waals surface area contributed by atoms with Crippen molar-refractivity contribution in [3.8, 4) is 0 Å². The molecule has 0 heterocycles. The van der Waals surface area contributed by atoms with Gasteiger partial charge in [-0.25, -0.2) is 0 Å². The van der Waals surface area contributed by atoms with Gasteiger partial charge in [-0.3, -0.25) is 4.90 Å². The molecule has 2 aliphatic carbocycles. The Balaban J connectivity index is 1.58. The summed E-state index contributed by atoms with van der Waals surface area (Å²) in [6, 6.07) is 9.18. The molecule has 140 valence electrons. The average molecular weight is 343 g/mol. The van der Waals surface area contributed by atoms with E-state index in [-0.39, 0.29) is 0 Å². The van der Waals surface area contributed by atoms with E-state index >= 15 is 0 Å². The van der Waals surface area contributed by atoms with Crippen LogP contribution >= 0.6 is 0 Å². The molecule has 0 saturated heterocycles. The molecule has 0 radical (unpaired) electrons. The number of nitrogens with two attached hydrogens (primary N) is 1. The Morgan fingerprint density at radius 3 is 1.96 bits per heavy atom. The quantitative estimate of drug-likeness (QED) is 0.743. The first kappa shape index (κ1) is 18.9. The van der Waals surface area contributed by atoms with Crippen LogP contribution in [0.15, 0.2) is 24.3 Å². The number of hydrogen-bond donors (Lipinski definition) is 1. The maximum absolute atomic E-state index is 5.88. The van der Waals surface area contributed by atoms with Crippen LogP contribution in [0.1, 0.15) is 68.9 Å². The first-order valence-electron chi connectivity index (χ1n) is 10.7. The smallest absolute Gasteiger partial charge is 0.0233 e. The monoisotopic (exact) mass is 342 g/mol. The second kappa shape index (κ2) is 9.73. The van der Waals surface area contributed by atoms with Crippen molar-refractivity contribution < 1.29 is 0 Å². The average Bonchev–Trinajstić information content (AvgIpc) is 2.65. The van der Waals surface area contributed by atoms with Crippen molar-refractivity contribution in [3.05, 3.63) is 35.4 Å². The zero-order valence-electron chi connectivity index (χ0n) is 16.3. The molecular weight excluding hydrogens is 304 g/mol. The van der Waals surface area contributed by atoms with Gasteiger partial charge in [-0.1, -0.05) is 49.1 Å². The molecule has 1 aromatic carbocycles.